The molecule has 1 heterocycles. The van der Waals surface area contributed by atoms with Gasteiger partial charge in [0.1, 0.15) is 11.8 Å². The van der Waals surface area contributed by atoms with Crippen LogP contribution in [0.5, 0.6) is 5.75 Å². The number of aromatic nitrogens is 1. The molecule has 0 unspecified atom stereocenters. The molecule has 0 aliphatic heterocycles. The SMILES string of the molecule is CCCCC(=O)Oc1ccc2nc(C#N)sc2c1. The number of hydrogen-bond acceptors (Lipinski definition) is 5. The van der Waals surface area contributed by atoms with Gasteiger partial charge in [0.05, 0.1) is 10.2 Å². The van der Waals surface area contributed by atoms with Crippen LogP contribution in [0.15, 0.2) is 18.2 Å². The highest BCUT2D eigenvalue weighted by molar-refractivity contribution is 7.19. The van der Waals surface area contributed by atoms with Crippen LogP contribution in [0.2, 0.25) is 0 Å². The molecule has 0 saturated heterocycles. The zero-order chi connectivity index (χ0) is 13.0. The zero-order valence-corrected chi connectivity index (χ0v) is 10.8. The van der Waals surface area contributed by atoms with Crippen molar-refractivity contribution in [1.29, 1.82) is 5.26 Å². The van der Waals surface area contributed by atoms with Crippen LogP contribution in [0.3, 0.4) is 0 Å². The summed E-state index contributed by atoms with van der Waals surface area (Å²) in [5.41, 5.74) is 0.755. The first-order chi connectivity index (χ1) is 8.72. The number of thiazole rings is 1. The molecule has 0 aliphatic rings. The third-order valence-corrected chi connectivity index (χ3v) is 3.34. The molecular formula is C13H12N2O2S. The van der Waals surface area contributed by atoms with Gasteiger partial charge in [-0.2, -0.15) is 5.26 Å². The Labute approximate surface area is 109 Å². The molecule has 2 aromatic rings. The first-order valence-electron chi connectivity index (χ1n) is 5.74. The van der Waals surface area contributed by atoms with Gasteiger partial charge in [-0.3, -0.25) is 4.79 Å². The van der Waals surface area contributed by atoms with Crippen molar-refractivity contribution in [2.24, 2.45) is 0 Å². The van der Waals surface area contributed by atoms with Crippen LogP contribution >= 0.6 is 11.3 Å². The maximum Gasteiger partial charge on any atom is 0.311 e. The summed E-state index contributed by atoms with van der Waals surface area (Å²) < 4.78 is 6.08. The van der Waals surface area contributed by atoms with Crippen molar-refractivity contribution in [3.63, 3.8) is 0 Å². The van der Waals surface area contributed by atoms with Crippen LogP contribution in [0.25, 0.3) is 10.2 Å². The smallest absolute Gasteiger partial charge is 0.311 e. The van der Waals surface area contributed by atoms with Crippen molar-refractivity contribution >= 4 is 27.5 Å². The Morgan fingerprint density at radius 2 is 2.39 bits per heavy atom. The van der Waals surface area contributed by atoms with E-state index in [0.717, 1.165) is 23.1 Å². The van der Waals surface area contributed by atoms with Gasteiger partial charge in [0, 0.05) is 12.5 Å². The third kappa shape index (κ3) is 2.84. The molecule has 4 nitrogen and oxygen atoms in total. The lowest BCUT2D eigenvalue weighted by molar-refractivity contribution is -0.134. The molecule has 0 saturated carbocycles. The molecule has 0 radical (unpaired) electrons. The molecule has 0 amide bonds. The number of carbonyl (C=O) groups is 1. The van der Waals surface area contributed by atoms with Crippen LogP contribution in [-0.2, 0) is 4.79 Å². The van der Waals surface area contributed by atoms with Crippen LogP contribution in [0, 0.1) is 11.3 Å². The average Bonchev–Trinajstić information content (AvgIpc) is 2.78. The quantitative estimate of drug-likeness (QED) is 0.625. The summed E-state index contributed by atoms with van der Waals surface area (Å²) in [5.74, 6) is 0.290. The highest BCUT2D eigenvalue weighted by Crippen LogP contribution is 2.26. The Hall–Kier alpha value is -1.93. The van der Waals surface area contributed by atoms with Crippen molar-refractivity contribution < 1.29 is 9.53 Å². The number of benzene rings is 1. The van der Waals surface area contributed by atoms with Crippen LogP contribution in [0.4, 0.5) is 0 Å². The minimum atomic E-state index is -0.221. The van der Waals surface area contributed by atoms with Gasteiger partial charge in [0.15, 0.2) is 5.01 Å². The molecular weight excluding hydrogens is 248 g/mol. The fourth-order valence-corrected chi connectivity index (χ4v) is 2.31. The van der Waals surface area contributed by atoms with Crippen molar-refractivity contribution in [3.05, 3.63) is 23.2 Å². The van der Waals surface area contributed by atoms with Gasteiger partial charge in [-0.15, -0.1) is 11.3 Å². The number of ether oxygens (including phenoxy) is 1. The number of carbonyl (C=O) groups excluding carboxylic acids is 1. The van der Waals surface area contributed by atoms with E-state index in [1.54, 1.807) is 18.2 Å². The number of hydrogen-bond donors (Lipinski definition) is 0. The summed E-state index contributed by atoms with van der Waals surface area (Å²) in [6, 6.07) is 7.21. The second kappa shape index (κ2) is 5.61. The van der Waals surface area contributed by atoms with Gasteiger partial charge in [0.2, 0.25) is 0 Å². The van der Waals surface area contributed by atoms with E-state index in [0.29, 0.717) is 17.2 Å². The number of fused-ring (bicyclic) bond motifs is 1. The molecule has 5 heteroatoms. The van der Waals surface area contributed by atoms with Gasteiger partial charge in [-0.25, -0.2) is 4.98 Å². The van der Waals surface area contributed by atoms with E-state index in [2.05, 4.69) is 4.98 Å². The third-order valence-electron chi connectivity index (χ3n) is 2.42. The Balaban J connectivity index is 2.15. The zero-order valence-electron chi connectivity index (χ0n) is 9.97. The summed E-state index contributed by atoms with van der Waals surface area (Å²) in [6.45, 7) is 2.03. The second-order valence-electron chi connectivity index (χ2n) is 3.84. The summed E-state index contributed by atoms with van der Waals surface area (Å²) in [5, 5.41) is 9.18. The Morgan fingerprint density at radius 1 is 1.56 bits per heavy atom. The van der Waals surface area contributed by atoms with Gasteiger partial charge < -0.3 is 4.74 Å². The molecule has 0 bridgehead atoms. The standard InChI is InChI=1S/C13H12N2O2S/c1-2-3-4-13(16)17-9-5-6-10-11(7-9)18-12(8-14)15-10/h5-7H,2-4H2,1H3. The van der Waals surface area contributed by atoms with E-state index < -0.39 is 0 Å². The van der Waals surface area contributed by atoms with Crippen molar-refractivity contribution in [2.45, 2.75) is 26.2 Å². The largest absolute Gasteiger partial charge is 0.426 e. The normalized spacial score (nSPS) is 10.2. The molecule has 92 valence electrons. The molecule has 0 spiro atoms. The number of unbranched alkanes of at least 4 members (excludes halogenated alkanes) is 1. The van der Waals surface area contributed by atoms with Crippen LogP contribution in [0.1, 0.15) is 31.2 Å². The molecule has 0 N–H and O–H groups in total. The van der Waals surface area contributed by atoms with E-state index in [-0.39, 0.29) is 5.97 Å². The lowest BCUT2D eigenvalue weighted by Gasteiger charge is -2.03. The maximum atomic E-state index is 11.5. The minimum absolute atomic E-state index is 0.221. The van der Waals surface area contributed by atoms with Gasteiger partial charge in [-0.1, -0.05) is 13.3 Å². The lowest BCUT2D eigenvalue weighted by Crippen LogP contribution is -2.06. The van der Waals surface area contributed by atoms with E-state index in [1.807, 2.05) is 13.0 Å². The fraction of sp³-hybridized carbons (Fsp3) is 0.308. The number of nitriles is 1. The van der Waals surface area contributed by atoms with E-state index in [4.69, 9.17) is 10.00 Å². The Kier molecular flexibility index (Phi) is 3.90. The monoisotopic (exact) mass is 260 g/mol. The van der Waals surface area contributed by atoms with Crippen LogP contribution in [-0.4, -0.2) is 11.0 Å². The summed E-state index contributed by atoms with van der Waals surface area (Å²) in [6.07, 6.45) is 2.23. The van der Waals surface area contributed by atoms with Gasteiger partial charge in [0.25, 0.3) is 0 Å². The predicted octanol–water partition coefficient (Wildman–Crippen LogP) is 3.26. The Morgan fingerprint density at radius 3 is 3.11 bits per heavy atom. The molecule has 1 aromatic carbocycles. The lowest BCUT2D eigenvalue weighted by atomic mass is 10.2. The topological polar surface area (TPSA) is 63.0 Å². The first-order valence-corrected chi connectivity index (χ1v) is 6.56. The molecule has 0 atom stereocenters. The first kappa shape index (κ1) is 12.5. The van der Waals surface area contributed by atoms with Crippen molar-refractivity contribution in [2.75, 3.05) is 0 Å². The van der Waals surface area contributed by atoms with Gasteiger partial charge in [-0.05, 0) is 18.6 Å². The molecule has 2 rings (SSSR count). The Bertz CT molecular complexity index is 613. The van der Waals surface area contributed by atoms with E-state index in [9.17, 15) is 4.79 Å². The minimum Gasteiger partial charge on any atom is -0.426 e. The number of nitrogens with zero attached hydrogens (tertiary/aromatic N) is 2. The fourth-order valence-electron chi connectivity index (χ4n) is 1.52. The van der Waals surface area contributed by atoms with E-state index in [1.165, 1.54) is 11.3 Å². The molecule has 1 aromatic heterocycles. The maximum absolute atomic E-state index is 11.5. The molecule has 18 heavy (non-hydrogen) atoms. The van der Waals surface area contributed by atoms with E-state index >= 15 is 0 Å². The molecule has 0 aliphatic carbocycles. The predicted molar refractivity (Wildman–Crippen MR) is 69.5 cm³/mol. The summed E-state index contributed by atoms with van der Waals surface area (Å²) in [4.78, 5) is 15.6. The summed E-state index contributed by atoms with van der Waals surface area (Å²) in [7, 11) is 0. The summed E-state index contributed by atoms with van der Waals surface area (Å²) >= 11 is 1.29. The van der Waals surface area contributed by atoms with Gasteiger partial charge >= 0.3 is 5.97 Å². The number of esters is 1. The van der Waals surface area contributed by atoms with Crippen LogP contribution < -0.4 is 4.74 Å². The highest BCUT2D eigenvalue weighted by atomic mass is 32.1. The highest BCUT2D eigenvalue weighted by Gasteiger charge is 2.07. The van der Waals surface area contributed by atoms with Crippen molar-refractivity contribution in [3.8, 4) is 11.8 Å². The second-order valence-corrected chi connectivity index (χ2v) is 4.87. The average molecular weight is 260 g/mol. The van der Waals surface area contributed by atoms with Crippen molar-refractivity contribution in [1.82, 2.24) is 4.98 Å². The molecule has 0 fully saturated rings. The number of rotatable bonds is 4.